The summed E-state index contributed by atoms with van der Waals surface area (Å²) in [5, 5.41) is 6.04. The second-order valence-corrected chi connectivity index (χ2v) is 7.30. The maximum Gasteiger partial charge on any atom is 0.234 e. The number of anilines is 1. The van der Waals surface area contributed by atoms with Crippen LogP contribution in [0.3, 0.4) is 0 Å². The van der Waals surface area contributed by atoms with Gasteiger partial charge >= 0.3 is 0 Å². The molecule has 1 fully saturated rings. The molecule has 2 N–H and O–H groups in total. The van der Waals surface area contributed by atoms with Crippen molar-refractivity contribution in [3.05, 3.63) is 29.8 Å². The highest BCUT2D eigenvalue weighted by Gasteiger charge is 2.23. The molecule has 0 aliphatic carbocycles. The lowest BCUT2D eigenvalue weighted by atomic mass is 9.98. The summed E-state index contributed by atoms with van der Waals surface area (Å²) in [5.41, 5.74) is 1.95. The van der Waals surface area contributed by atoms with Crippen LogP contribution in [0.2, 0.25) is 0 Å². The van der Waals surface area contributed by atoms with Crippen molar-refractivity contribution in [1.29, 1.82) is 0 Å². The number of thioether (sulfide) groups is 1. The summed E-state index contributed by atoms with van der Waals surface area (Å²) in [6, 6.07) is 7.70. The van der Waals surface area contributed by atoms with E-state index in [9.17, 15) is 9.59 Å². The third kappa shape index (κ3) is 7.67. The maximum absolute atomic E-state index is 12.3. The first kappa shape index (κ1) is 21.8. The van der Waals surface area contributed by atoms with Gasteiger partial charge in [0.25, 0.3) is 0 Å². The van der Waals surface area contributed by atoms with Crippen LogP contribution < -0.4 is 10.6 Å². The largest absolute Gasteiger partial charge is 0.342 e. The molecule has 1 atom stereocenters. The van der Waals surface area contributed by atoms with E-state index in [2.05, 4.69) is 10.6 Å². The third-order valence-corrected chi connectivity index (χ3v) is 5.08. The van der Waals surface area contributed by atoms with Gasteiger partial charge in [0.1, 0.15) is 0 Å². The minimum atomic E-state index is -0.0663. The van der Waals surface area contributed by atoms with Crippen LogP contribution in [0.1, 0.15) is 18.4 Å². The Morgan fingerprint density at radius 1 is 1.24 bits per heavy atom. The summed E-state index contributed by atoms with van der Waals surface area (Å²) < 4.78 is 0. The number of likely N-dealkylation sites (tertiary alicyclic amines) is 1. The van der Waals surface area contributed by atoms with Gasteiger partial charge in [-0.25, -0.2) is 0 Å². The van der Waals surface area contributed by atoms with E-state index in [1.807, 2.05) is 43.1 Å². The Morgan fingerprint density at radius 3 is 2.64 bits per heavy atom. The summed E-state index contributed by atoms with van der Waals surface area (Å²) in [7, 11) is 1.95. The number of nitrogens with one attached hydrogen (secondary N) is 2. The van der Waals surface area contributed by atoms with Crippen molar-refractivity contribution < 1.29 is 9.59 Å². The highest BCUT2D eigenvalue weighted by atomic mass is 35.5. The van der Waals surface area contributed by atoms with Crippen LogP contribution in [0.4, 0.5) is 5.69 Å². The Kier molecular flexibility index (Phi) is 9.93. The van der Waals surface area contributed by atoms with E-state index >= 15 is 0 Å². The molecule has 140 valence electrons. The van der Waals surface area contributed by atoms with Crippen molar-refractivity contribution in [3.63, 3.8) is 0 Å². The van der Waals surface area contributed by atoms with E-state index in [1.54, 1.807) is 0 Å². The lowest BCUT2D eigenvalue weighted by Crippen LogP contribution is -2.43. The Hall–Kier alpha value is -1.24. The van der Waals surface area contributed by atoms with E-state index < -0.39 is 0 Å². The van der Waals surface area contributed by atoms with Crippen molar-refractivity contribution in [3.8, 4) is 0 Å². The van der Waals surface area contributed by atoms with Gasteiger partial charge in [-0.3, -0.25) is 9.59 Å². The molecular weight excluding hydrogens is 358 g/mol. The quantitative estimate of drug-likeness (QED) is 0.757. The van der Waals surface area contributed by atoms with Gasteiger partial charge in [0, 0.05) is 18.8 Å². The fourth-order valence-corrected chi connectivity index (χ4v) is 3.62. The Balaban J connectivity index is 0.00000312. The average molecular weight is 386 g/mol. The fraction of sp³-hybridized carbons (Fsp3) is 0.556. The summed E-state index contributed by atoms with van der Waals surface area (Å²) in [5.74, 6) is 1.29. The molecule has 0 saturated carbocycles. The number of carbonyl (C=O) groups excluding carboxylic acids is 2. The first-order valence-electron chi connectivity index (χ1n) is 8.45. The minimum absolute atomic E-state index is 0. The van der Waals surface area contributed by atoms with Crippen LogP contribution in [0.25, 0.3) is 0 Å². The van der Waals surface area contributed by atoms with E-state index in [-0.39, 0.29) is 24.2 Å². The van der Waals surface area contributed by atoms with Gasteiger partial charge in [0.05, 0.1) is 11.5 Å². The van der Waals surface area contributed by atoms with E-state index in [0.29, 0.717) is 17.4 Å². The molecule has 1 aliphatic heterocycles. The van der Waals surface area contributed by atoms with Crippen LogP contribution in [-0.4, -0.2) is 54.9 Å². The monoisotopic (exact) mass is 385 g/mol. The Labute approximate surface area is 160 Å². The SMILES string of the molecule is CNCC1CCCN(C(=O)CSCC(=O)Nc2ccc(C)cc2)C1.Cl. The Bertz CT molecular complexity index is 552. The summed E-state index contributed by atoms with van der Waals surface area (Å²) in [6.07, 6.45) is 2.24. The number of hydrogen-bond donors (Lipinski definition) is 2. The average Bonchev–Trinajstić information content (AvgIpc) is 2.57. The molecule has 5 nitrogen and oxygen atoms in total. The zero-order chi connectivity index (χ0) is 17.4. The molecule has 1 saturated heterocycles. The van der Waals surface area contributed by atoms with Gasteiger partial charge in [-0.15, -0.1) is 24.2 Å². The topological polar surface area (TPSA) is 61.4 Å². The molecular formula is C18H28ClN3O2S. The lowest BCUT2D eigenvalue weighted by Gasteiger charge is -2.32. The van der Waals surface area contributed by atoms with Gasteiger partial charge in [-0.2, -0.15) is 0 Å². The van der Waals surface area contributed by atoms with Crippen molar-refractivity contribution in [1.82, 2.24) is 10.2 Å². The lowest BCUT2D eigenvalue weighted by molar-refractivity contribution is -0.130. The summed E-state index contributed by atoms with van der Waals surface area (Å²) in [4.78, 5) is 26.1. The molecule has 0 bridgehead atoms. The zero-order valence-electron chi connectivity index (χ0n) is 14.9. The predicted octanol–water partition coefficient (Wildman–Crippen LogP) is 2.55. The van der Waals surface area contributed by atoms with Crippen molar-refractivity contribution in [2.24, 2.45) is 5.92 Å². The smallest absolute Gasteiger partial charge is 0.234 e. The fourth-order valence-electron chi connectivity index (χ4n) is 2.90. The molecule has 7 heteroatoms. The van der Waals surface area contributed by atoms with Crippen LogP contribution in [0, 0.1) is 12.8 Å². The number of rotatable bonds is 7. The molecule has 1 heterocycles. The third-order valence-electron chi connectivity index (χ3n) is 4.16. The van der Waals surface area contributed by atoms with Crippen molar-refractivity contribution in [2.45, 2.75) is 19.8 Å². The van der Waals surface area contributed by atoms with E-state index in [1.165, 1.54) is 18.2 Å². The summed E-state index contributed by atoms with van der Waals surface area (Å²) >= 11 is 1.38. The zero-order valence-corrected chi connectivity index (χ0v) is 16.5. The molecule has 1 aromatic rings. The van der Waals surface area contributed by atoms with Gasteiger partial charge in [-0.05, 0) is 51.4 Å². The molecule has 1 unspecified atom stereocenters. The molecule has 0 radical (unpaired) electrons. The van der Waals surface area contributed by atoms with Crippen LogP contribution in [-0.2, 0) is 9.59 Å². The molecule has 2 rings (SSSR count). The first-order valence-corrected chi connectivity index (χ1v) is 9.60. The summed E-state index contributed by atoms with van der Waals surface area (Å²) in [6.45, 7) is 4.63. The molecule has 0 spiro atoms. The van der Waals surface area contributed by atoms with Crippen LogP contribution >= 0.6 is 24.2 Å². The van der Waals surface area contributed by atoms with Gasteiger partial charge in [-0.1, -0.05) is 17.7 Å². The number of piperidine rings is 1. The standard InChI is InChI=1S/C18H27N3O2S.ClH/c1-14-5-7-16(8-6-14)20-17(22)12-24-13-18(23)21-9-3-4-15(11-21)10-19-2;/h5-8,15,19H,3-4,9-13H2,1-2H3,(H,20,22);1H. The van der Waals surface area contributed by atoms with Gasteiger partial charge < -0.3 is 15.5 Å². The van der Waals surface area contributed by atoms with Crippen LogP contribution in [0.5, 0.6) is 0 Å². The minimum Gasteiger partial charge on any atom is -0.342 e. The number of benzene rings is 1. The highest BCUT2D eigenvalue weighted by molar-refractivity contribution is 8.00. The molecule has 25 heavy (non-hydrogen) atoms. The van der Waals surface area contributed by atoms with Crippen LogP contribution in [0.15, 0.2) is 24.3 Å². The first-order chi connectivity index (χ1) is 11.6. The highest BCUT2D eigenvalue weighted by Crippen LogP contribution is 2.17. The molecule has 1 aliphatic rings. The molecule has 2 amide bonds. The van der Waals surface area contributed by atoms with Gasteiger partial charge in [0.15, 0.2) is 0 Å². The number of carbonyl (C=O) groups is 2. The van der Waals surface area contributed by atoms with E-state index in [0.717, 1.165) is 37.3 Å². The van der Waals surface area contributed by atoms with Crippen molar-refractivity contribution in [2.75, 3.05) is 43.5 Å². The normalized spacial score (nSPS) is 16.9. The second kappa shape index (κ2) is 11.4. The number of halogens is 1. The number of aryl methyl sites for hydroxylation is 1. The van der Waals surface area contributed by atoms with E-state index in [4.69, 9.17) is 0 Å². The maximum atomic E-state index is 12.3. The number of nitrogens with zero attached hydrogens (tertiary/aromatic N) is 1. The van der Waals surface area contributed by atoms with Crippen molar-refractivity contribution >= 4 is 41.7 Å². The number of amides is 2. The van der Waals surface area contributed by atoms with Gasteiger partial charge in [0.2, 0.25) is 11.8 Å². The molecule has 1 aromatic carbocycles. The molecule has 0 aromatic heterocycles. The number of hydrogen-bond acceptors (Lipinski definition) is 4. The predicted molar refractivity (Wildman–Crippen MR) is 108 cm³/mol. The second-order valence-electron chi connectivity index (χ2n) is 6.31. The Morgan fingerprint density at radius 2 is 1.96 bits per heavy atom.